The van der Waals surface area contributed by atoms with E-state index in [0.717, 1.165) is 31.3 Å². The highest BCUT2D eigenvalue weighted by Gasteiger charge is 2.10. The maximum atomic E-state index is 12.0. The lowest BCUT2D eigenvalue weighted by Gasteiger charge is -2.08. The van der Waals surface area contributed by atoms with Gasteiger partial charge in [0.1, 0.15) is 6.61 Å². The van der Waals surface area contributed by atoms with E-state index in [9.17, 15) is 4.79 Å². The molecule has 3 nitrogen and oxygen atoms in total. The fraction of sp³-hybridized carbons (Fsp3) is 0.875. The molecule has 27 heavy (non-hydrogen) atoms. The molecular weight excluding hydrogens is 336 g/mol. The molecule has 0 amide bonds. The van der Waals surface area contributed by atoms with E-state index in [1.54, 1.807) is 0 Å². The molecule has 0 aliphatic heterocycles. The zero-order chi connectivity index (χ0) is 20.0. The molecule has 0 saturated carbocycles. The summed E-state index contributed by atoms with van der Waals surface area (Å²) in [6.45, 7) is 4.38. The van der Waals surface area contributed by atoms with Crippen molar-refractivity contribution in [3.8, 4) is 0 Å². The zero-order valence-corrected chi connectivity index (χ0v) is 18.3. The lowest BCUT2D eigenvalue weighted by molar-refractivity contribution is -0.140. The first kappa shape index (κ1) is 26.2. The average Bonchev–Trinajstić information content (AvgIpc) is 2.68. The van der Waals surface area contributed by atoms with E-state index >= 15 is 0 Å². The molecule has 0 rings (SSSR count). The van der Waals surface area contributed by atoms with Gasteiger partial charge < -0.3 is 9.84 Å². The smallest absolute Gasteiger partial charge is 0.333 e. The number of carbonyl (C=O) groups is 1. The van der Waals surface area contributed by atoms with Crippen molar-refractivity contribution in [3.05, 3.63) is 11.6 Å². The van der Waals surface area contributed by atoms with E-state index in [4.69, 9.17) is 9.84 Å². The number of esters is 1. The predicted molar refractivity (Wildman–Crippen MR) is 116 cm³/mol. The van der Waals surface area contributed by atoms with Crippen LogP contribution < -0.4 is 0 Å². The highest BCUT2D eigenvalue weighted by Crippen LogP contribution is 2.16. The molecular formula is C24H46O3. The van der Waals surface area contributed by atoms with E-state index < -0.39 is 0 Å². The fourth-order valence-electron chi connectivity index (χ4n) is 3.35. The number of aliphatic hydroxyl groups excluding tert-OH is 1. The minimum absolute atomic E-state index is 0.0983. The molecule has 0 spiro atoms. The van der Waals surface area contributed by atoms with Gasteiger partial charge in [0.25, 0.3) is 0 Å². The van der Waals surface area contributed by atoms with Crippen molar-refractivity contribution in [1.29, 1.82) is 0 Å². The van der Waals surface area contributed by atoms with Gasteiger partial charge in [-0.05, 0) is 19.3 Å². The Labute approximate surface area is 169 Å². The Morgan fingerprint density at radius 2 is 1.22 bits per heavy atom. The van der Waals surface area contributed by atoms with Crippen LogP contribution in [0.25, 0.3) is 0 Å². The lowest BCUT2D eigenvalue weighted by Crippen LogP contribution is -2.11. The standard InChI is InChI=1S/C24H46O3/c1-3-5-7-8-9-10-11-12-13-14-15-16-17-18-20-23(19-6-4-2)24(26)27-22-21-25/h19,25H,3-18,20-22H2,1-2H3. The first-order chi connectivity index (χ1) is 13.3. The first-order valence-corrected chi connectivity index (χ1v) is 11.7. The molecule has 0 unspecified atom stereocenters. The van der Waals surface area contributed by atoms with Gasteiger partial charge in [0.05, 0.1) is 6.61 Å². The summed E-state index contributed by atoms with van der Waals surface area (Å²) in [5, 5.41) is 8.78. The number of ether oxygens (including phenoxy) is 1. The van der Waals surface area contributed by atoms with Gasteiger partial charge in [0, 0.05) is 5.57 Å². The summed E-state index contributed by atoms with van der Waals surface area (Å²) in [6.07, 6.45) is 23.6. The number of unbranched alkanes of at least 4 members (excludes halogenated alkanes) is 14. The molecule has 0 bridgehead atoms. The molecule has 0 aromatic heterocycles. The highest BCUT2D eigenvalue weighted by atomic mass is 16.5. The van der Waals surface area contributed by atoms with E-state index in [2.05, 4.69) is 13.8 Å². The van der Waals surface area contributed by atoms with Gasteiger partial charge in [-0.1, -0.05) is 110 Å². The van der Waals surface area contributed by atoms with Crippen LogP contribution in [0.2, 0.25) is 0 Å². The van der Waals surface area contributed by atoms with Crippen LogP contribution in [0.4, 0.5) is 0 Å². The van der Waals surface area contributed by atoms with Crippen molar-refractivity contribution in [3.63, 3.8) is 0 Å². The van der Waals surface area contributed by atoms with Gasteiger partial charge in [-0.15, -0.1) is 0 Å². The zero-order valence-electron chi connectivity index (χ0n) is 18.3. The van der Waals surface area contributed by atoms with E-state index in [1.165, 1.54) is 83.5 Å². The van der Waals surface area contributed by atoms with Crippen molar-refractivity contribution in [2.45, 2.75) is 123 Å². The minimum atomic E-state index is -0.243. The van der Waals surface area contributed by atoms with Gasteiger partial charge in [-0.3, -0.25) is 0 Å². The largest absolute Gasteiger partial charge is 0.460 e. The highest BCUT2D eigenvalue weighted by molar-refractivity contribution is 5.88. The second-order valence-electron chi connectivity index (χ2n) is 7.72. The van der Waals surface area contributed by atoms with Crippen molar-refractivity contribution in [2.24, 2.45) is 0 Å². The van der Waals surface area contributed by atoms with Crippen molar-refractivity contribution >= 4 is 5.97 Å². The molecule has 0 aromatic rings. The number of hydrogen-bond donors (Lipinski definition) is 1. The summed E-state index contributed by atoms with van der Waals surface area (Å²) in [5.74, 6) is -0.243. The maximum Gasteiger partial charge on any atom is 0.333 e. The van der Waals surface area contributed by atoms with Crippen LogP contribution in [-0.2, 0) is 9.53 Å². The predicted octanol–water partition coefficient (Wildman–Crippen LogP) is 7.12. The van der Waals surface area contributed by atoms with E-state index in [1.807, 2.05) is 6.08 Å². The van der Waals surface area contributed by atoms with Gasteiger partial charge in [-0.25, -0.2) is 4.79 Å². The van der Waals surface area contributed by atoms with Crippen LogP contribution in [0.15, 0.2) is 11.6 Å². The van der Waals surface area contributed by atoms with E-state index in [-0.39, 0.29) is 19.2 Å². The molecule has 0 heterocycles. The average molecular weight is 383 g/mol. The van der Waals surface area contributed by atoms with Crippen LogP contribution in [-0.4, -0.2) is 24.3 Å². The second-order valence-corrected chi connectivity index (χ2v) is 7.72. The molecule has 0 fully saturated rings. The molecule has 0 aliphatic rings. The quantitative estimate of drug-likeness (QED) is 0.138. The number of rotatable bonds is 20. The van der Waals surface area contributed by atoms with Crippen LogP contribution >= 0.6 is 0 Å². The van der Waals surface area contributed by atoms with Crippen molar-refractivity contribution < 1.29 is 14.6 Å². The second kappa shape index (κ2) is 21.5. The van der Waals surface area contributed by atoms with Crippen LogP contribution in [0.1, 0.15) is 123 Å². The fourth-order valence-corrected chi connectivity index (χ4v) is 3.35. The van der Waals surface area contributed by atoms with Gasteiger partial charge in [-0.2, -0.15) is 0 Å². The number of aliphatic hydroxyl groups is 1. The topological polar surface area (TPSA) is 46.5 Å². The van der Waals surface area contributed by atoms with Crippen LogP contribution in [0.5, 0.6) is 0 Å². The normalized spacial score (nSPS) is 11.7. The molecule has 0 saturated heterocycles. The van der Waals surface area contributed by atoms with Crippen LogP contribution in [0, 0.1) is 0 Å². The first-order valence-electron chi connectivity index (χ1n) is 11.7. The lowest BCUT2D eigenvalue weighted by atomic mass is 10.0. The molecule has 1 N–H and O–H groups in total. The molecule has 0 radical (unpaired) electrons. The third-order valence-electron chi connectivity index (χ3n) is 5.07. The Hall–Kier alpha value is -0.830. The van der Waals surface area contributed by atoms with Crippen molar-refractivity contribution in [1.82, 2.24) is 0 Å². The Balaban J connectivity index is 3.55. The SMILES string of the molecule is CCCC=C(CCCCCCCCCCCCCCCC)C(=O)OCCO. The van der Waals surface area contributed by atoms with Gasteiger partial charge in [0.15, 0.2) is 0 Å². The van der Waals surface area contributed by atoms with Crippen molar-refractivity contribution in [2.75, 3.05) is 13.2 Å². The Morgan fingerprint density at radius 1 is 0.741 bits per heavy atom. The third-order valence-corrected chi connectivity index (χ3v) is 5.07. The molecule has 0 atom stereocenters. The minimum Gasteiger partial charge on any atom is -0.460 e. The Bertz CT molecular complexity index is 350. The summed E-state index contributed by atoms with van der Waals surface area (Å²) in [6, 6.07) is 0. The van der Waals surface area contributed by atoms with Gasteiger partial charge >= 0.3 is 5.97 Å². The summed E-state index contributed by atoms with van der Waals surface area (Å²) in [7, 11) is 0. The number of allylic oxidation sites excluding steroid dienone is 1. The Kier molecular flexibility index (Phi) is 20.8. The monoisotopic (exact) mass is 382 g/mol. The molecule has 3 heteroatoms. The summed E-state index contributed by atoms with van der Waals surface area (Å²) in [5.41, 5.74) is 0.796. The molecule has 0 aromatic carbocycles. The maximum absolute atomic E-state index is 12.0. The number of hydrogen-bond acceptors (Lipinski definition) is 3. The third kappa shape index (κ3) is 18.3. The molecule has 0 aliphatic carbocycles. The number of carbonyl (C=O) groups excluding carboxylic acids is 1. The Morgan fingerprint density at radius 3 is 1.67 bits per heavy atom. The summed E-state index contributed by atoms with van der Waals surface area (Å²) < 4.78 is 5.06. The van der Waals surface area contributed by atoms with Crippen LogP contribution in [0.3, 0.4) is 0 Å². The summed E-state index contributed by atoms with van der Waals surface area (Å²) in [4.78, 5) is 12.0. The molecule has 160 valence electrons. The summed E-state index contributed by atoms with van der Waals surface area (Å²) >= 11 is 0. The van der Waals surface area contributed by atoms with E-state index in [0.29, 0.717) is 0 Å². The van der Waals surface area contributed by atoms with Gasteiger partial charge in [0.2, 0.25) is 0 Å².